The Hall–Kier alpha value is -0.900. The van der Waals surface area contributed by atoms with Gasteiger partial charge in [-0.15, -0.1) is 0 Å². The maximum absolute atomic E-state index is 11.8. The Labute approximate surface area is 97.6 Å². The average molecular weight is 269 g/mol. The van der Waals surface area contributed by atoms with E-state index in [0.29, 0.717) is 12.5 Å². The van der Waals surface area contributed by atoms with Crippen molar-refractivity contribution in [2.45, 2.75) is 25.3 Å². The topological polar surface area (TPSA) is 33.2 Å². The van der Waals surface area contributed by atoms with Crippen molar-refractivity contribution in [1.29, 1.82) is 0 Å². The van der Waals surface area contributed by atoms with E-state index in [1.807, 2.05) is 24.1 Å². The fourth-order valence-corrected chi connectivity index (χ4v) is 1.69. The Bertz CT molecular complexity index is 359. The van der Waals surface area contributed by atoms with Gasteiger partial charge < -0.3 is 4.90 Å². The van der Waals surface area contributed by atoms with Gasteiger partial charge in [0.2, 0.25) is 5.91 Å². The highest BCUT2D eigenvalue weighted by atomic mass is 79.9. The van der Waals surface area contributed by atoms with Crippen LogP contribution in [-0.4, -0.2) is 28.9 Å². The van der Waals surface area contributed by atoms with E-state index in [-0.39, 0.29) is 5.91 Å². The third kappa shape index (κ3) is 2.78. The van der Waals surface area contributed by atoms with Crippen molar-refractivity contribution in [2.24, 2.45) is 0 Å². The summed E-state index contributed by atoms with van der Waals surface area (Å²) < 4.78 is 0.939. The second-order valence-corrected chi connectivity index (χ2v) is 4.80. The van der Waals surface area contributed by atoms with Crippen molar-refractivity contribution in [1.82, 2.24) is 9.88 Å². The Balaban J connectivity index is 1.95. The summed E-state index contributed by atoms with van der Waals surface area (Å²) in [7, 11) is 1.87. The zero-order valence-electron chi connectivity index (χ0n) is 8.61. The zero-order valence-corrected chi connectivity index (χ0v) is 10.2. The molecular formula is C11H13BrN2O. The smallest absolute Gasteiger partial charge is 0.228 e. The molecule has 80 valence electrons. The van der Waals surface area contributed by atoms with Gasteiger partial charge in [-0.1, -0.05) is 0 Å². The number of likely N-dealkylation sites (N-methyl/N-ethyl adjacent to an activating group) is 1. The lowest BCUT2D eigenvalue weighted by molar-refractivity contribution is -0.129. The number of pyridine rings is 1. The normalized spacial score (nSPS) is 15.1. The van der Waals surface area contributed by atoms with E-state index in [9.17, 15) is 4.79 Å². The molecule has 1 aliphatic carbocycles. The van der Waals surface area contributed by atoms with Crippen molar-refractivity contribution in [3.05, 3.63) is 28.5 Å². The second kappa shape index (κ2) is 4.31. The van der Waals surface area contributed by atoms with Crippen LogP contribution >= 0.6 is 15.9 Å². The molecule has 0 bridgehead atoms. The van der Waals surface area contributed by atoms with Crippen molar-refractivity contribution >= 4 is 21.8 Å². The van der Waals surface area contributed by atoms with Crippen LogP contribution in [0.2, 0.25) is 0 Å². The number of carbonyl (C=O) groups excluding carboxylic acids is 1. The molecule has 0 unspecified atom stereocenters. The molecule has 15 heavy (non-hydrogen) atoms. The van der Waals surface area contributed by atoms with E-state index in [0.717, 1.165) is 23.0 Å². The SMILES string of the molecule is CN(C(=O)Cc1ccc(Br)cn1)C1CC1. The molecule has 1 aromatic heterocycles. The van der Waals surface area contributed by atoms with Gasteiger partial charge in [-0.2, -0.15) is 0 Å². The number of hydrogen-bond donors (Lipinski definition) is 0. The summed E-state index contributed by atoms with van der Waals surface area (Å²) in [5, 5.41) is 0. The Morgan fingerprint density at radius 2 is 2.33 bits per heavy atom. The van der Waals surface area contributed by atoms with Crippen molar-refractivity contribution in [3.63, 3.8) is 0 Å². The van der Waals surface area contributed by atoms with Crippen LogP contribution in [0.5, 0.6) is 0 Å². The lowest BCUT2D eigenvalue weighted by Gasteiger charge is -2.15. The van der Waals surface area contributed by atoms with Crippen LogP contribution in [0.3, 0.4) is 0 Å². The van der Waals surface area contributed by atoms with Gasteiger partial charge in [-0.3, -0.25) is 9.78 Å². The van der Waals surface area contributed by atoms with Gasteiger partial charge in [-0.05, 0) is 40.9 Å². The highest BCUT2D eigenvalue weighted by molar-refractivity contribution is 9.10. The van der Waals surface area contributed by atoms with Gasteiger partial charge in [0.05, 0.1) is 6.42 Å². The van der Waals surface area contributed by atoms with Crippen molar-refractivity contribution in [2.75, 3.05) is 7.05 Å². The molecule has 3 nitrogen and oxygen atoms in total. The summed E-state index contributed by atoms with van der Waals surface area (Å²) in [6, 6.07) is 4.27. The first kappa shape index (κ1) is 10.6. The minimum absolute atomic E-state index is 0.160. The third-order valence-electron chi connectivity index (χ3n) is 2.61. The van der Waals surface area contributed by atoms with Gasteiger partial charge in [0.15, 0.2) is 0 Å². The predicted octanol–water partition coefficient (Wildman–Crippen LogP) is 2.01. The quantitative estimate of drug-likeness (QED) is 0.841. The number of hydrogen-bond acceptors (Lipinski definition) is 2. The minimum Gasteiger partial charge on any atom is -0.342 e. The number of rotatable bonds is 3. The Morgan fingerprint density at radius 1 is 1.60 bits per heavy atom. The monoisotopic (exact) mass is 268 g/mol. The summed E-state index contributed by atoms with van der Waals surface area (Å²) in [5.41, 5.74) is 0.829. The second-order valence-electron chi connectivity index (χ2n) is 3.88. The highest BCUT2D eigenvalue weighted by Crippen LogP contribution is 2.25. The Morgan fingerprint density at radius 3 is 2.87 bits per heavy atom. The standard InChI is InChI=1S/C11H13BrN2O/c1-14(10-4-5-10)11(15)6-9-3-2-8(12)7-13-9/h2-3,7,10H,4-6H2,1H3. The first-order valence-electron chi connectivity index (χ1n) is 5.03. The molecule has 1 saturated carbocycles. The molecule has 0 spiro atoms. The third-order valence-corrected chi connectivity index (χ3v) is 3.08. The highest BCUT2D eigenvalue weighted by Gasteiger charge is 2.29. The zero-order chi connectivity index (χ0) is 10.8. The van der Waals surface area contributed by atoms with Gasteiger partial charge in [0.1, 0.15) is 0 Å². The summed E-state index contributed by atoms with van der Waals surface area (Å²) in [6.07, 6.45) is 4.42. The fraction of sp³-hybridized carbons (Fsp3) is 0.455. The maximum Gasteiger partial charge on any atom is 0.228 e. The minimum atomic E-state index is 0.160. The largest absolute Gasteiger partial charge is 0.342 e. The van der Waals surface area contributed by atoms with E-state index >= 15 is 0 Å². The first-order chi connectivity index (χ1) is 7.16. The molecule has 0 aliphatic heterocycles. The van der Waals surface area contributed by atoms with E-state index in [1.54, 1.807) is 6.20 Å². The van der Waals surface area contributed by atoms with Crippen LogP contribution in [0.1, 0.15) is 18.5 Å². The van der Waals surface area contributed by atoms with Crippen LogP contribution in [0.15, 0.2) is 22.8 Å². The number of aromatic nitrogens is 1. The molecule has 2 rings (SSSR count). The van der Waals surface area contributed by atoms with E-state index in [1.165, 1.54) is 0 Å². The van der Waals surface area contributed by atoms with Crippen LogP contribution in [0, 0.1) is 0 Å². The Kier molecular flexibility index (Phi) is 3.05. The van der Waals surface area contributed by atoms with Crippen LogP contribution in [-0.2, 0) is 11.2 Å². The van der Waals surface area contributed by atoms with Gasteiger partial charge in [-0.25, -0.2) is 0 Å². The molecule has 0 saturated heterocycles. The summed E-state index contributed by atoms with van der Waals surface area (Å²) in [5.74, 6) is 0.160. The molecule has 1 fully saturated rings. The fourth-order valence-electron chi connectivity index (χ4n) is 1.46. The molecular weight excluding hydrogens is 256 g/mol. The molecule has 0 aromatic carbocycles. The van der Waals surface area contributed by atoms with E-state index in [2.05, 4.69) is 20.9 Å². The lowest BCUT2D eigenvalue weighted by Crippen LogP contribution is -2.30. The molecule has 0 radical (unpaired) electrons. The lowest BCUT2D eigenvalue weighted by atomic mass is 10.2. The van der Waals surface area contributed by atoms with Gasteiger partial charge in [0, 0.05) is 29.5 Å². The van der Waals surface area contributed by atoms with Crippen LogP contribution < -0.4 is 0 Å². The van der Waals surface area contributed by atoms with Crippen LogP contribution in [0.4, 0.5) is 0 Å². The first-order valence-corrected chi connectivity index (χ1v) is 5.82. The van der Waals surface area contributed by atoms with Crippen molar-refractivity contribution < 1.29 is 4.79 Å². The number of carbonyl (C=O) groups is 1. The molecule has 0 atom stereocenters. The van der Waals surface area contributed by atoms with Crippen LogP contribution in [0.25, 0.3) is 0 Å². The molecule has 1 heterocycles. The number of nitrogens with zero attached hydrogens (tertiary/aromatic N) is 2. The van der Waals surface area contributed by atoms with Crippen molar-refractivity contribution in [3.8, 4) is 0 Å². The van der Waals surface area contributed by atoms with Gasteiger partial charge >= 0.3 is 0 Å². The summed E-state index contributed by atoms with van der Waals surface area (Å²) in [6.45, 7) is 0. The molecule has 0 N–H and O–H groups in total. The maximum atomic E-state index is 11.8. The van der Waals surface area contributed by atoms with E-state index in [4.69, 9.17) is 0 Å². The summed E-state index contributed by atoms with van der Waals surface area (Å²) >= 11 is 3.32. The molecule has 1 aliphatic rings. The number of halogens is 1. The van der Waals surface area contributed by atoms with Gasteiger partial charge in [0.25, 0.3) is 0 Å². The number of amides is 1. The van der Waals surface area contributed by atoms with E-state index < -0.39 is 0 Å². The molecule has 1 amide bonds. The molecule has 4 heteroatoms. The predicted molar refractivity (Wildman–Crippen MR) is 61.4 cm³/mol. The summed E-state index contributed by atoms with van der Waals surface area (Å²) in [4.78, 5) is 17.8. The average Bonchev–Trinajstić information content (AvgIpc) is 3.04. The molecule has 1 aromatic rings.